The summed E-state index contributed by atoms with van der Waals surface area (Å²) in [4.78, 5) is 22.7. The summed E-state index contributed by atoms with van der Waals surface area (Å²) in [5.74, 6) is -1.09. The summed E-state index contributed by atoms with van der Waals surface area (Å²) in [6, 6.07) is 7.27. The molecule has 2 N–H and O–H groups in total. The topological polar surface area (TPSA) is 120 Å². The zero-order valence-electron chi connectivity index (χ0n) is 12.6. The fraction of sp³-hybridized carbons (Fsp3) is 0.0625. The Hall–Kier alpha value is -3.44. The van der Waals surface area contributed by atoms with Crippen molar-refractivity contribution in [2.75, 3.05) is 0 Å². The van der Waals surface area contributed by atoms with Gasteiger partial charge in [0.15, 0.2) is 5.65 Å². The van der Waals surface area contributed by atoms with E-state index in [2.05, 4.69) is 20.1 Å². The van der Waals surface area contributed by atoms with Gasteiger partial charge in [-0.25, -0.2) is 19.4 Å². The van der Waals surface area contributed by atoms with Crippen molar-refractivity contribution >= 4 is 39.6 Å². The summed E-state index contributed by atoms with van der Waals surface area (Å²) in [7, 11) is 0. The van der Waals surface area contributed by atoms with Crippen molar-refractivity contribution in [2.45, 2.75) is 6.54 Å². The van der Waals surface area contributed by atoms with Crippen molar-refractivity contribution in [1.29, 1.82) is 5.26 Å². The van der Waals surface area contributed by atoms with Crippen molar-refractivity contribution in [3.05, 3.63) is 41.2 Å². The highest BCUT2D eigenvalue weighted by Gasteiger charge is 2.18. The molecule has 0 fully saturated rings. The first-order valence-corrected chi connectivity index (χ1v) is 7.57. The average Bonchev–Trinajstić information content (AvgIpc) is 3.16. The molecule has 4 rings (SSSR count). The van der Waals surface area contributed by atoms with E-state index in [1.807, 2.05) is 6.07 Å². The van der Waals surface area contributed by atoms with E-state index in [0.29, 0.717) is 27.6 Å². The fourth-order valence-electron chi connectivity index (χ4n) is 2.69. The number of carboxylic acids is 1. The number of carbonyl (C=O) groups is 1. The lowest BCUT2D eigenvalue weighted by atomic mass is 10.1. The molecule has 0 radical (unpaired) electrons. The van der Waals surface area contributed by atoms with Crippen LogP contribution < -0.4 is 0 Å². The second-order valence-electron chi connectivity index (χ2n) is 5.29. The van der Waals surface area contributed by atoms with E-state index in [4.69, 9.17) is 16.9 Å². The second kappa shape index (κ2) is 5.58. The molecule has 3 heterocycles. The zero-order chi connectivity index (χ0) is 17.6. The summed E-state index contributed by atoms with van der Waals surface area (Å²) in [5.41, 5.74) is 2.28. The maximum absolute atomic E-state index is 11.3. The Morgan fingerprint density at radius 3 is 3.04 bits per heavy atom. The maximum atomic E-state index is 11.3. The van der Waals surface area contributed by atoms with Crippen LogP contribution in [-0.2, 0) is 6.54 Å². The van der Waals surface area contributed by atoms with Crippen LogP contribution in [0.3, 0.4) is 0 Å². The number of nitrogens with zero attached hydrogens (tertiary/aromatic N) is 5. The number of benzene rings is 1. The van der Waals surface area contributed by atoms with Crippen LogP contribution in [0.15, 0.2) is 30.6 Å². The van der Waals surface area contributed by atoms with Crippen LogP contribution in [0, 0.1) is 11.3 Å². The minimum atomic E-state index is -1.09. The lowest BCUT2D eigenvalue weighted by Gasteiger charge is -1.98. The van der Waals surface area contributed by atoms with Gasteiger partial charge in [-0.2, -0.15) is 10.4 Å². The summed E-state index contributed by atoms with van der Waals surface area (Å²) in [6.07, 6.45) is 2.86. The third kappa shape index (κ3) is 2.38. The second-order valence-corrected chi connectivity index (χ2v) is 5.72. The first kappa shape index (κ1) is 15.1. The number of aromatic amines is 1. The van der Waals surface area contributed by atoms with E-state index >= 15 is 0 Å². The Kier molecular flexibility index (Phi) is 3.37. The van der Waals surface area contributed by atoms with E-state index in [-0.39, 0.29) is 17.6 Å². The number of aromatic nitrogens is 5. The van der Waals surface area contributed by atoms with Crippen LogP contribution >= 0.6 is 11.6 Å². The molecule has 0 amide bonds. The molecule has 122 valence electrons. The van der Waals surface area contributed by atoms with E-state index in [0.717, 1.165) is 5.39 Å². The highest BCUT2D eigenvalue weighted by atomic mass is 35.5. The number of fused-ring (bicyclic) bond motifs is 2. The Balaban J connectivity index is 1.98. The van der Waals surface area contributed by atoms with Gasteiger partial charge >= 0.3 is 5.97 Å². The smallest absolute Gasteiger partial charge is 0.339 e. The molecule has 3 aromatic heterocycles. The fourth-order valence-corrected chi connectivity index (χ4v) is 2.86. The molecule has 0 bridgehead atoms. The number of nitriles is 1. The number of rotatable bonds is 3. The van der Waals surface area contributed by atoms with Gasteiger partial charge in [-0.05, 0) is 18.2 Å². The van der Waals surface area contributed by atoms with Crippen molar-refractivity contribution < 1.29 is 9.90 Å². The van der Waals surface area contributed by atoms with Gasteiger partial charge in [0.05, 0.1) is 17.8 Å². The molecule has 0 saturated heterocycles. The first-order valence-electron chi connectivity index (χ1n) is 7.19. The van der Waals surface area contributed by atoms with Crippen molar-refractivity contribution in [1.82, 2.24) is 24.7 Å². The van der Waals surface area contributed by atoms with Crippen LogP contribution in [0.5, 0.6) is 0 Å². The molecule has 0 aliphatic heterocycles. The van der Waals surface area contributed by atoms with Crippen LogP contribution in [0.4, 0.5) is 0 Å². The molecule has 0 unspecified atom stereocenters. The molecule has 0 aliphatic carbocycles. The average molecular weight is 353 g/mol. The summed E-state index contributed by atoms with van der Waals surface area (Å²) in [5, 5.41) is 24.0. The monoisotopic (exact) mass is 352 g/mol. The van der Waals surface area contributed by atoms with Gasteiger partial charge in [-0.15, -0.1) is 0 Å². The number of nitrogens with one attached hydrogen (secondary N) is 1. The van der Waals surface area contributed by atoms with Gasteiger partial charge in [0.25, 0.3) is 0 Å². The minimum Gasteiger partial charge on any atom is -0.478 e. The molecule has 25 heavy (non-hydrogen) atoms. The number of hydrogen-bond acceptors (Lipinski definition) is 5. The third-order valence-electron chi connectivity index (χ3n) is 3.79. The Bertz CT molecular complexity index is 1190. The van der Waals surface area contributed by atoms with Crippen LogP contribution in [-0.4, -0.2) is 35.8 Å². The SMILES string of the molecule is N#CCn1nc(-c2cnc3[nH]cc(C(=O)O)c3n2)c2ccc(Cl)cc21. The molecular weight excluding hydrogens is 344 g/mol. The molecule has 0 saturated carbocycles. The maximum Gasteiger partial charge on any atom is 0.339 e. The number of H-pyrrole nitrogens is 1. The van der Waals surface area contributed by atoms with Crippen LogP contribution in [0.2, 0.25) is 5.02 Å². The summed E-state index contributed by atoms with van der Waals surface area (Å²) < 4.78 is 1.53. The van der Waals surface area contributed by atoms with Gasteiger partial charge in [0.2, 0.25) is 0 Å². The van der Waals surface area contributed by atoms with Gasteiger partial charge in [0, 0.05) is 16.6 Å². The number of carboxylic acid groups (broad SMARTS) is 1. The van der Waals surface area contributed by atoms with Gasteiger partial charge in [-0.1, -0.05) is 11.6 Å². The van der Waals surface area contributed by atoms with E-state index in [1.54, 1.807) is 18.2 Å². The largest absolute Gasteiger partial charge is 0.478 e. The van der Waals surface area contributed by atoms with E-state index in [1.165, 1.54) is 17.1 Å². The quantitative estimate of drug-likeness (QED) is 0.584. The Morgan fingerprint density at radius 2 is 2.28 bits per heavy atom. The highest BCUT2D eigenvalue weighted by molar-refractivity contribution is 6.31. The predicted molar refractivity (Wildman–Crippen MR) is 90.2 cm³/mol. The van der Waals surface area contributed by atoms with Crippen molar-refractivity contribution in [2.24, 2.45) is 0 Å². The predicted octanol–water partition coefficient (Wildman–Crippen LogP) is 2.85. The number of hydrogen-bond donors (Lipinski definition) is 2. The van der Waals surface area contributed by atoms with E-state index in [9.17, 15) is 9.90 Å². The normalized spacial score (nSPS) is 11.0. The third-order valence-corrected chi connectivity index (χ3v) is 4.02. The summed E-state index contributed by atoms with van der Waals surface area (Å²) in [6.45, 7) is 0.0526. The van der Waals surface area contributed by atoms with Crippen molar-refractivity contribution in [3.63, 3.8) is 0 Å². The summed E-state index contributed by atoms with van der Waals surface area (Å²) >= 11 is 6.04. The molecule has 9 heteroatoms. The molecule has 8 nitrogen and oxygen atoms in total. The molecule has 0 atom stereocenters. The Morgan fingerprint density at radius 1 is 1.44 bits per heavy atom. The van der Waals surface area contributed by atoms with E-state index < -0.39 is 5.97 Å². The number of aromatic carboxylic acids is 1. The minimum absolute atomic E-state index is 0.0353. The molecule has 0 spiro atoms. The Labute approximate surface area is 145 Å². The first-order chi connectivity index (χ1) is 12.1. The van der Waals surface area contributed by atoms with Crippen molar-refractivity contribution in [3.8, 4) is 17.5 Å². The molecule has 0 aliphatic rings. The molecule has 1 aromatic carbocycles. The van der Waals surface area contributed by atoms with Crippen LogP contribution in [0.25, 0.3) is 33.5 Å². The molecule has 4 aromatic rings. The number of halogens is 1. The van der Waals surface area contributed by atoms with Gasteiger partial charge in [0.1, 0.15) is 29.0 Å². The lowest BCUT2D eigenvalue weighted by Crippen LogP contribution is -1.99. The molecular formula is C16H9ClN6O2. The van der Waals surface area contributed by atoms with Crippen LogP contribution in [0.1, 0.15) is 10.4 Å². The standard InChI is InChI=1S/C16H9ClN6O2/c17-8-1-2-9-12(5-8)23(4-3-18)22-13(9)11-7-20-15-14(21-11)10(6-19-15)16(24)25/h1-2,5-7H,4H2,(H,19,20)(H,24,25). The van der Waals surface area contributed by atoms with Gasteiger partial charge < -0.3 is 10.1 Å². The highest BCUT2D eigenvalue weighted by Crippen LogP contribution is 2.29. The lowest BCUT2D eigenvalue weighted by molar-refractivity contribution is 0.0699. The zero-order valence-corrected chi connectivity index (χ0v) is 13.3. The van der Waals surface area contributed by atoms with Gasteiger partial charge in [-0.3, -0.25) is 0 Å².